The van der Waals surface area contributed by atoms with Gasteiger partial charge in [-0.25, -0.2) is 4.98 Å². The minimum absolute atomic E-state index is 0.241. The van der Waals surface area contributed by atoms with E-state index in [1.54, 1.807) is 6.92 Å². The van der Waals surface area contributed by atoms with Gasteiger partial charge in [-0.05, 0) is 55.3 Å². The third-order valence-corrected chi connectivity index (χ3v) is 3.17. The highest BCUT2D eigenvalue weighted by Gasteiger charge is 2.30. The van der Waals surface area contributed by atoms with Crippen molar-refractivity contribution in [3.8, 4) is 5.75 Å². The van der Waals surface area contributed by atoms with Gasteiger partial charge in [-0.15, -0.1) is 0 Å². The number of benzene rings is 1. The van der Waals surface area contributed by atoms with E-state index in [-0.39, 0.29) is 5.82 Å². The Hall–Kier alpha value is -2.57. The third-order valence-electron chi connectivity index (χ3n) is 3.17. The number of nitrogens with one attached hydrogen (secondary N) is 1. The minimum Gasteiger partial charge on any atom is -0.494 e. The largest absolute Gasteiger partial charge is 0.494 e. The minimum atomic E-state index is -4.40. The number of hydrogen-bond acceptors (Lipinski definition) is 4. The first-order chi connectivity index (χ1) is 11.4. The number of rotatable bonds is 6. The molecule has 1 heterocycles. The van der Waals surface area contributed by atoms with E-state index in [2.05, 4.69) is 15.5 Å². The molecule has 1 aromatic carbocycles. The molecule has 4 nitrogen and oxygen atoms in total. The molecule has 0 radical (unpaired) electrons. The van der Waals surface area contributed by atoms with Crippen LogP contribution in [0.2, 0.25) is 0 Å². The number of hydrogen-bond donors (Lipinski definition) is 1. The number of nitrogens with zero attached hydrogens (tertiary/aromatic N) is 2. The van der Waals surface area contributed by atoms with Crippen molar-refractivity contribution in [2.75, 3.05) is 12.0 Å². The summed E-state index contributed by atoms with van der Waals surface area (Å²) in [4.78, 5) is 3.70. The Morgan fingerprint density at radius 3 is 2.42 bits per heavy atom. The monoisotopic (exact) mass is 337 g/mol. The number of aromatic nitrogens is 1. The van der Waals surface area contributed by atoms with Gasteiger partial charge in [-0.3, -0.25) is 5.43 Å². The zero-order valence-corrected chi connectivity index (χ0v) is 13.4. The van der Waals surface area contributed by atoms with Gasteiger partial charge in [0.25, 0.3) is 0 Å². The molecule has 24 heavy (non-hydrogen) atoms. The van der Waals surface area contributed by atoms with E-state index in [0.29, 0.717) is 12.3 Å². The Balaban J connectivity index is 2.00. The summed E-state index contributed by atoms with van der Waals surface area (Å²) in [5, 5.41) is 4.13. The first-order valence-electron chi connectivity index (χ1n) is 7.47. The van der Waals surface area contributed by atoms with Gasteiger partial charge in [0.2, 0.25) is 0 Å². The first-order valence-corrected chi connectivity index (χ1v) is 7.47. The fourth-order valence-corrected chi connectivity index (χ4v) is 1.85. The van der Waals surface area contributed by atoms with Gasteiger partial charge in [0.1, 0.15) is 11.6 Å². The SMILES string of the molecule is CCCOc1ccc(/C(C)=N\Nc2ccc(C(F)(F)F)cn2)cc1. The van der Waals surface area contributed by atoms with Crippen LogP contribution < -0.4 is 10.2 Å². The lowest BCUT2D eigenvalue weighted by Crippen LogP contribution is -2.06. The highest BCUT2D eigenvalue weighted by molar-refractivity contribution is 5.99. The lowest BCUT2D eigenvalue weighted by Gasteiger charge is -2.08. The van der Waals surface area contributed by atoms with Crippen molar-refractivity contribution >= 4 is 11.5 Å². The second-order valence-electron chi connectivity index (χ2n) is 5.11. The Kier molecular flexibility index (Phi) is 5.78. The molecule has 0 saturated carbocycles. The molecule has 0 unspecified atom stereocenters. The molecule has 1 N–H and O–H groups in total. The number of alkyl halides is 3. The van der Waals surface area contributed by atoms with E-state index < -0.39 is 11.7 Å². The summed E-state index contributed by atoms with van der Waals surface area (Å²) in [6.45, 7) is 4.48. The average Bonchev–Trinajstić information content (AvgIpc) is 2.58. The van der Waals surface area contributed by atoms with Crippen molar-refractivity contribution < 1.29 is 17.9 Å². The molecule has 2 rings (SSSR count). The second kappa shape index (κ2) is 7.81. The number of anilines is 1. The Morgan fingerprint density at radius 1 is 1.17 bits per heavy atom. The molecule has 7 heteroatoms. The van der Waals surface area contributed by atoms with Gasteiger partial charge in [-0.2, -0.15) is 18.3 Å². The van der Waals surface area contributed by atoms with Crippen LogP contribution in [0.5, 0.6) is 5.75 Å². The summed E-state index contributed by atoms with van der Waals surface area (Å²) >= 11 is 0. The summed E-state index contributed by atoms with van der Waals surface area (Å²) in [6, 6.07) is 9.62. The van der Waals surface area contributed by atoms with E-state index in [0.717, 1.165) is 30.0 Å². The molecule has 0 fully saturated rings. The van der Waals surface area contributed by atoms with Gasteiger partial charge >= 0.3 is 6.18 Å². The van der Waals surface area contributed by atoms with E-state index in [9.17, 15) is 13.2 Å². The fraction of sp³-hybridized carbons (Fsp3) is 0.294. The highest BCUT2D eigenvalue weighted by Crippen LogP contribution is 2.28. The molecule has 0 aliphatic carbocycles. The van der Waals surface area contributed by atoms with E-state index >= 15 is 0 Å². The molecule has 2 aromatic rings. The molecule has 0 aliphatic heterocycles. The maximum Gasteiger partial charge on any atom is 0.417 e. The quantitative estimate of drug-likeness (QED) is 0.612. The Morgan fingerprint density at radius 2 is 1.88 bits per heavy atom. The van der Waals surface area contributed by atoms with Crippen molar-refractivity contribution in [3.63, 3.8) is 0 Å². The van der Waals surface area contributed by atoms with Gasteiger partial charge < -0.3 is 4.74 Å². The summed E-state index contributed by atoms with van der Waals surface area (Å²) in [7, 11) is 0. The number of pyridine rings is 1. The first kappa shape index (κ1) is 17.8. The zero-order chi connectivity index (χ0) is 17.6. The maximum atomic E-state index is 12.5. The lowest BCUT2D eigenvalue weighted by atomic mass is 10.1. The summed E-state index contributed by atoms with van der Waals surface area (Å²) < 4.78 is 42.9. The van der Waals surface area contributed by atoms with Crippen LogP contribution in [0.4, 0.5) is 19.0 Å². The number of ether oxygens (including phenoxy) is 1. The van der Waals surface area contributed by atoms with Crippen LogP contribution in [0.3, 0.4) is 0 Å². The van der Waals surface area contributed by atoms with Crippen molar-refractivity contribution in [2.45, 2.75) is 26.4 Å². The predicted octanol–water partition coefficient (Wildman–Crippen LogP) is 4.73. The molecule has 0 bridgehead atoms. The molecule has 128 valence electrons. The summed E-state index contributed by atoms with van der Waals surface area (Å²) in [5.41, 5.74) is 3.41. The standard InChI is InChI=1S/C17H18F3N3O/c1-3-10-24-15-7-4-13(5-8-15)12(2)22-23-16-9-6-14(11-21-16)17(18,19)20/h4-9,11H,3,10H2,1-2H3,(H,21,23)/b22-12-. The molecule has 0 atom stereocenters. The van der Waals surface area contributed by atoms with Crippen LogP contribution in [0.1, 0.15) is 31.4 Å². The normalized spacial score (nSPS) is 12.1. The van der Waals surface area contributed by atoms with Crippen LogP contribution in [0.15, 0.2) is 47.7 Å². The van der Waals surface area contributed by atoms with E-state index in [1.165, 1.54) is 6.07 Å². The average molecular weight is 337 g/mol. The van der Waals surface area contributed by atoms with Gasteiger partial charge in [0, 0.05) is 6.20 Å². The van der Waals surface area contributed by atoms with Crippen molar-refractivity contribution in [3.05, 3.63) is 53.7 Å². The van der Waals surface area contributed by atoms with Gasteiger partial charge in [0.15, 0.2) is 0 Å². The summed E-state index contributed by atoms with van der Waals surface area (Å²) in [6.07, 6.45) is -2.69. The second-order valence-corrected chi connectivity index (χ2v) is 5.11. The van der Waals surface area contributed by atoms with Crippen molar-refractivity contribution in [1.82, 2.24) is 4.98 Å². The van der Waals surface area contributed by atoms with E-state index in [4.69, 9.17) is 4.74 Å². The van der Waals surface area contributed by atoms with Crippen molar-refractivity contribution in [2.24, 2.45) is 5.10 Å². The molecule has 0 saturated heterocycles. The molecular weight excluding hydrogens is 319 g/mol. The van der Waals surface area contributed by atoms with E-state index in [1.807, 2.05) is 31.2 Å². The fourth-order valence-electron chi connectivity index (χ4n) is 1.85. The molecule has 0 aliphatic rings. The smallest absolute Gasteiger partial charge is 0.417 e. The highest BCUT2D eigenvalue weighted by atomic mass is 19.4. The van der Waals surface area contributed by atoms with Crippen molar-refractivity contribution in [1.29, 1.82) is 0 Å². The van der Waals surface area contributed by atoms with Crippen LogP contribution in [-0.2, 0) is 6.18 Å². The van der Waals surface area contributed by atoms with Gasteiger partial charge in [0.05, 0.1) is 17.9 Å². The zero-order valence-electron chi connectivity index (χ0n) is 13.4. The molecule has 0 spiro atoms. The van der Waals surface area contributed by atoms with Gasteiger partial charge in [-0.1, -0.05) is 6.92 Å². The van der Waals surface area contributed by atoms with Crippen LogP contribution in [0, 0.1) is 0 Å². The maximum absolute atomic E-state index is 12.5. The predicted molar refractivity (Wildman–Crippen MR) is 87.3 cm³/mol. The topological polar surface area (TPSA) is 46.5 Å². The number of halogens is 3. The third kappa shape index (κ3) is 4.97. The van der Waals surface area contributed by atoms with Crippen LogP contribution in [0.25, 0.3) is 0 Å². The molecule has 1 aromatic heterocycles. The number of hydrazone groups is 1. The molecule has 0 amide bonds. The summed E-state index contributed by atoms with van der Waals surface area (Å²) in [5.74, 6) is 1.02. The Labute approximate surface area is 138 Å². The molecular formula is C17H18F3N3O. The lowest BCUT2D eigenvalue weighted by molar-refractivity contribution is -0.137. The van der Waals surface area contributed by atoms with Crippen LogP contribution in [-0.4, -0.2) is 17.3 Å². The Bertz CT molecular complexity index is 680. The van der Waals surface area contributed by atoms with Crippen LogP contribution >= 0.6 is 0 Å².